The van der Waals surface area contributed by atoms with Crippen LogP contribution < -0.4 is 0 Å². The third-order valence-electron chi connectivity index (χ3n) is 4.94. The van der Waals surface area contributed by atoms with Gasteiger partial charge < -0.3 is 9.84 Å². The molecule has 0 aliphatic heterocycles. The fourth-order valence-corrected chi connectivity index (χ4v) is 3.21. The van der Waals surface area contributed by atoms with Gasteiger partial charge in [0.15, 0.2) is 0 Å². The van der Waals surface area contributed by atoms with Gasteiger partial charge in [-0.1, -0.05) is 25.8 Å². The number of halogens is 9. The molecule has 1 aliphatic rings. The third kappa shape index (κ3) is 4.57. The van der Waals surface area contributed by atoms with Crippen LogP contribution in [0.4, 0.5) is 39.5 Å². The summed E-state index contributed by atoms with van der Waals surface area (Å²) in [6.45, 7) is 4.04. The number of ether oxygens (including phenoxy) is 1. The normalized spacial score (nSPS) is 19.8. The van der Waals surface area contributed by atoms with Gasteiger partial charge in [0, 0.05) is 12.0 Å². The molecule has 28 heavy (non-hydrogen) atoms. The molecule has 0 aromatic heterocycles. The second-order valence-electron chi connectivity index (χ2n) is 6.95. The van der Waals surface area contributed by atoms with E-state index in [1.54, 1.807) is 0 Å². The van der Waals surface area contributed by atoms with Gasteiger partial charge in [0.25, 0.3) is 5.60 Å². The van der Waals surface area contributed by atoms with E-state index in [2.05, 4.69) is 11.3 Å². The van der Waals surface area contributed by atoms with Gasteiger partial charge >= 0.3 is 24.5 Å². The molecular formula is C16H19F9O3. The summed E-state index contributed by atoms with van der Waals surface area (Å²) in [6, 6.07) is 0. The standard InChI is InChI=1S/C16H19F9O3/c1-9(2)11(26)28-10(8-13(27,15(20,21)22)16(23,24)25)12(14(17,18)19)6-4-3-5-7-12/h10,27H,1,3-8H2,2H3. The van der Waals surface area contributed by atoms with E-state index >= 15 is 0 Å². The van der Waals surface area contributed by atoms with Crippen molar-refractivity contribution in [3.8, 4) is 0 Å². The summed E-state index contributed by atoms with van der Waals surface area (Å²) in [6.07, 6.45) is -25.1. The highest BCUT2D eigenvalue weighted by Crippen LogP contribution is 2.56. The Balaban J connectivity index is 3.54. The topological polar surface area (TPSA) is 46.5 Å². The van der Waals surface area contributed by atoms with E-state index in [1.807, 2.05) is 0 Å². The summed E-state index contributed by atoms with van der Waals surface area (Å²) in [7, 11) is 0. The van der Waals surface area contributed by atoms with Gasteiger partial charge in [0.05, 0.1) is 0 Å². The van der Waals surface area contributed by atoms with Gasteiger partial charge in [-0.05, 0) is 19.8 Å². The fourth-order valence-electron chi connectivity index (χ4n) is 3.21. The quantitative estimate of drug-likeness (QED) is 0.369. The van der Waals surface area contributed by atoms with Crippen LogP contribution in [0.5, 0.6) is 0 Å². The van der Waals surface area contributed by atoms with E-state index in [1.165, 1.54) is 0 Å². The molecule has 0 bridgehead atoms. The van der Waals surface area contributed by atoms with Crippen molar-refractivity contribution in [3.63, 3.8) is 0 Å². The van der Waals surface area contributed by atoms with Crippen LogP contribution in [0.25, 0.3) is 0 Å². The number of aliphatic hydroxyl groups is 1. The Morgan fingerprint density at radius 3 is 1.75 bits per heavy atom. The van der Waals surface area contributed by atoms with E-state index in [0.717, 1.165) is 6.92 Å². The zero-order chi connectivity index (χ0) is 22.2. The molecule has 0 aromatic carbocycles. The zero-order valence-corrected chi connectivity index (χ0v) is 14.7. The first-order valence-corrected chi connectivity index (χ1v) is 8.18. The lowest BCUT2D eigenvalue weighted by Crippen LogP contribution is -2.62. The van der Waals surface area contributed by atoms with Crippen LogP contribution in [0.2, 0.25) is 0 Å². The number of alkyl halides is 9. The van der Waals surface area contributed by atoms with E-state index in [9.17, 15) is 49.4 Å². The number of hydrogen-bond acceptors (Lipinski definition) is 3. The van der Waals surface area contributed by atoms with Crippen LogP contribution >= 0.6 is 0 Å². The van der Waals surface area contributed by atoms with E-state index in [4.69, 9.17) is 0 Å². The molecule has 1 N–H and O–H groups in total. The minimum absolute atomic E-state index is 0.142. The lowest BCUT2D eigenvalue weighted by molar-refractivity contribution is -0.381. The minimum atomic E-state index is -6.35. The maximum Gasteiger partial charge on any atom is 0.426 e. The Morgan fingerprint density at radius 1 is 1.00 bits per heavy atom. The van der Waals surface area contributed by atoms with Crippen molar-refractivity contribution in [1.29, 1.82) is 0 Å². The van der Waals surface area contributed by atoms with Crippen LogP contribution in [0.15, 0.2) is 12.2 Å². The zero-order valence-electron chi connectivity index (χ0n) is 14.7. The fraction of sp³-hybridized carbons (Fsp3) is 0.812. The van der Waals surface area contributed by atoms with Crippen LogP contribution in [0.3, 0.4) is 0 Å². The van der Waals surface area contributed by atoms with E-state index < -0.39 is 66.5 Å². The predicted octanol–water partition coefficient (Wildman–Crippen LogP) is 5.23. The predicted molar refractivity (Wildman–Crippen MR) is 77.9 cm³/mol. The lowest BCUT2D eigenvalue weighted by atomic mass is 9.67. The number of carbonyl (C=O) groups excluding carboxylic acids is 1. The first-order chi connectivity index (χ1) is 12.4. The van der Waals surface area contributed by atoms with Gasteiger partial charge in [-0.25, -0.2) is 4.79 Å². The number of esters is 1. The van der Waals surface area contributed by atoms with Crippen molar-refractivity contribution < 1.29 is 54.2 Å². The number of rotatable bonds is 5. The molecule has 12 heteroatoms. The molecule has 1 fully saturated rings. The van der Waals surface area contributed by atoms with Gasteiger partial charge in [-0.3, -0.25) is 0 Å². The summed E-state index contributed by atoms with van der Waals surface area (Å²) >= 11 is 0. The van der Waals surface area contributed by atoms with Crippen LogP contribution in [0, 0.1) is 5.41 Å². The summed E-state index contributed by atoms with van der Waals surface area (Å²) in [5.41, 5.74) is -9.16. The van der Waals surface area contributed by atoms with E-state index in [0.29, 0.717) is 0 Å². The largest absolute Gasteiger partial charge is 0.458 e. The highest BCUT2D eigenvalue weighted by atomic mass is 19.4. The van der Waals surface area contributed by atoms with Crippen molar-refractivity contribution in [2.75, 3.05) is 0 Å². The highest BCUT2D eigenvalue weighted by Gasteiger charge is 2.73. The SMILES string of the molecule is C=C(C)C(=O)OC(CC(O)(C(F)(F)F)C(F)(F)F)C1(C(F)(F)F)CCCCC1. The van der Waals surface area contributed by atoms with Crippen molar-refractivity contribution in [2.24, 2.45) is 5.41 Å². The minimum Gasteiger partial charge on any atom is -0.458 e. The molecule has 1 unspecified atom stereocenters. The highest BCUT2D eigenvalue weighted by molar-refractivity contribution is 5.87. The van der Waals surface area contributed by atoms with Crippen LogP contribution in [-0.2, 0) is 9.53 Å². The molecule has 0 radical (unpaired) electrons. The summed E-state index contributed by atoms with van der Waals surface area (Å²) < 4.78 is 124. The molecule has 3 nitrogen and oxygen atoms in total. The average Bonchev–Trinajstić information content (AvgIpc) is 2.51. The maximum absolute atomic E-state index is 13.8. The molecule has 0 aromatic rings. The van der Waals surface area contributed by atoms with E-state index in [-0.39, 0.29) is 19.3 Å². The number of hydrogen-bond donors (Lipinski definition) is 1. The number of carbonyl (C=O) groups is 1. The van der Waals surface area contributed by atoms with Crippen molar-refractivity contribution in [3.05, 3.63) is 12.2 Å². The summed E-state index contributed by atoms with van der Waals surface area (Å²) in [5.74, 6) is -1.58. The molecular weight excluding hydrogens is 411 g/mol. The second-order valence-corrected chi connectivity index (χ2v) is 6.95. The lowest BCUT2D eigenvalue weighted by Gasteiger charge is -2.46. The third-order valence-corrected chi connectivity index (χ3v) is 4.94. The molecule has 1 rings (SSSR count). The van der Waals surface area contributed by atoms with Gasteiger partial charge in [-0.15, -0.1) is 0 Å². The molecule has 0 saturated heterocycles. The molecule has 0 spiro atoms. The Morgan fingerprint density at radius 2 is 1.43 bits per heavy atom. The first-order valence-electron chi connectivity index (χ1n) is 8.18. The maximum atomic E-state index is 13.8. The molecule has 1 atom stereocenters. The van der Waals surface area contributed by atoms with Crippen molar-refractivity contribution >= 4 is 5.97 Å². The first kappa shape index (κ1) is 24.6. The molecule has 164 valence electrons. The molecule has 0 heterocycles. The summed E-state index contributed by atoms with van der Waals surface area (Å²) in [5, 5.41) is 9.39. The van der Waals surface area contributed by atoms with Crippen molar-refractivity contribution in [1.82, 2.24) is 0 Å². The van der Waals surface area contributed by atoms with Gasteiger partial charge in [-0.2, -0.15) is 39.5 Å². The van der Waals surface area contributed by atoms with Crippen LogP contribution in [0.1, 0.15) is 45.4 Å². The molecule has 1 saturated carbocycles. The Kier molecular flexibility index (Phi) is 6.81. The van der Waals surface area contributed by atoms with Crippen molar-refractivity contribution in [2.45, 2.75) is 75.7 Å². The summed E-state index contributed by atoms with van der Waals surface area (Å²) in [4.78, 5) is 11.7. The smallest absolute Gasteiger partial charge is 0.426 e. The van der Waals surface area contributed by atoms with Crippen LogP contribution in [-0.4, -0.2) is 41.3 Å². The Bertz CT molecular complexity index is 570. The monoisotopic (exact) mass is 430 g/mol. The molecule has 0 amide bonds. The Labute approximate surface area is 154 Å². The second kappa shape index (κ2) is 7.75. The molecule has 1 aliphatic carbocycles. The Hall–Kier alpha value is -1.46. The van der Waals surface area contributed by atoms with Gasteiger partial charge in [0.1, 0.15) is 11.5 Å². The van der Waals surface area contributed by atoms with Gasteiger partial charge in [0.2, 0.25) is 0 Å². The average molecular weight is 430 g/mol.